The fraction of sp³-hybridized carbons (Fsp3) is 0.0435. The Bertz CT molecular complexity index is 1510. The van der Waals surface area contributed by atoms with Gasteiger partial charge in [-0.1, -0.05) is 6.07 Å². The molecule has 4 aromatic rings. The van der Waals surface area contributed by atoms with Crippen molar-refractivity contribution in [2.24, 2.45) is 5.73 Å². The molecule has 2 N–H and O–H groups in total. The van der Waals surface area contributed by atoms with E-state index in [1.807, 2.05) is 0 Å². The quantitative estimate of drug-likeness (QED) is 0.443. The molecule has 8 nitrogen and oxygen atoms in total. The molecule has 2 heterocycles. The molecule has 4 rings (SSSR count). The molecular weight excluding hydrogens is 466 g/mol. The van der Waals surface area contributed by atoms with E-state index in [4.69, 9.17) is 10.5 Å². The molecule has 0 radical (unpaired) electrons. The predicted octanol–water partition coefficient (Wildman–Crippen LogP) is 3.78. The predicted molar refractivity (Wildman–Crippen MR) is 119 cm³/mol. The molecule has 2 aromatic carbocycles. The Morgan fingerprint density at radius 1 is 0.882 bits per heavy atom. The Labute approximate surface area is 193 Å². The fourth-order valence-corrected chi connectivity index (χ4v) is 3.57. The number of sulfone groups is 1. The lowest BCUT2D eigenvalue weighted by atomic mass is 10.1. The summed E-state index contributed by atoms with van der Waals surface area (Å²) in [7, 11) is -3.48. The summed E-state index contributed by atoms with van der Waals surface area (Å²) in [5, 5.41) is 0. The van der Waals surface area contributed by atoms with Crippen LogP contribution in [0.25, 0.3) is 22.5 Å². The van der Waals surface area contributed by atoms with Crippen LogP contribution in [0.2, 0.25) is 0 Å². The minimum absolute atomic E-state index is 0.0503. The highest BCUT2D eigenvalue weighted by Crippen LogP contribution is 2.30. The topological polar surface area (TPSA) is 125 Å². The molecule has 0 aliphatic carbocycles. The summed E-state index contributed by atoms with van der Waals surface area (Å²) in [6.45, 7) is 0. The van der Waals surface area contributed by atoms with Crippen LogP contribution in [0.4, 0.5) is 8.78 Å². The number of carbonyl (C=O) groups is 1. The zero-order valence-electron chi connectivity index (χ0n) is 17.6. The van der Waals surface area contributed by atoms with Crippen molar-refractivity contribution in [1.82, 2.24) is 15.0 Å². The highest BCUT2D eigenvalue weighted by Gasteiger charge is 2.16. The van der Waals surface area contributed by atoms with Crippen molar-refractivity contribution < 1.29 is 26.7 Å². The number of carbonyl (C=O) groups excluding carboxylic acids is 1. The van der Waals surface area contributed by atoms with Crippen molar-refractivity contribution in [1.29, 1.82) is 0 Å². The molecule has 0 atom stereocenters. The first-order chi connectivity index (χ1) is 16.1. The molecule has 0 spiro atoms. The standard InChI is InChI=1S/C23H16F2N4O4S/c1-34(31,32)17-11-28-23(29-12-17)18-4-3-15(8-19(18)22(26)30)33-16-6-14(9-27-10-16)13-2-5-20(24)21(25)7-13/h2-12H,1H3,(H2,26,30). The molecule has 0 aliphatic heterocycles. The number of primary amides is 1. The van der Waals surface area contributed by atoms with Crippen molar-refractivity contribution in [2.45, 2.75) is 4.90 Å². The molecule has 0 saturated heterocycles. The van der Waals surface area contributed by atoms with Crippen molar-refractivity contribution in [3.8, 4) is 34.0 Å². The van der Waals surface area contributed by atoms with Crippen LogP contribution in [0, 0.1) is 11.6 Å². The Hall–Kier alpha value is -4.25. The van der Waals surface area contributed by atoms with Gasteiger partial charge >= 0.3 is 0 Å². The zero-order chi connectivity index (χ0) is 24.5. The normalized spacial score (nSPS) is 11.3. The lowest BCUT2D eigenvalue weighted by Gasteiger charge is -2.11. The second-order valence-corrected chi connectivity index (χ2v) is 9.24. The highest BCUT2D eigenvalue weighted by atomic mass is 32.2. The Morgan fingerprint density at radius 2 is 1.62 bits per heavy atom. The maximum atomic E-state index is 13.6. The van der Waals surface area contributed by atoms with E-state index < -0.39 is 27.4 Å². The van der Waals surface area contributed by atoms with Gasteiger partial charge in [0, 0.05) is 36.0 Å². The second kappa shape index (κ2) is 8.94. The monoisotopic (exact) mass is 482 g/mol. The number of rotatable bonds is 6. The third-order valence-corrected chi connectivity index (χ3v) is 5.82. The molecule has 11 heteroatoms. The number of hydrogen-bond donors (Lipinski definition) is 1. The first kappa shape index (κ1) is 22.9. The van der Waals surface area contributed by atoms with Crippen LogP contribution in [0.15, 0.2) is 72.1 Å². The number of hydrogen-bond acceptors (Lipinski definition) is 7. The molecule has 0 saturated carbocycles. The minimum atomic E-state index is -3.48. The number of aromatic nitrogens is 3. The number of benzene rings is 2. The summed E-state index contributed by atoms with van der Waals surface area (Å²) in [4.78, 5) is 24.1. The van der Waals surface area contributed by atoms with Gasteiger partial charge in [0.1, 0.15) is 16.4 Å². The molecule has 0 unspecified atom stereocenters. The number of pyridine rings is 1. The lowest BCUT2D eigenvalue weighted by molar-refractivity contribution is 0.100. The van der Waals surface area contributed by atoms with E-state index in [9.17, 15) is 22.0 Å². The van der Waals surface area contributed by atoms with E-state index >= 15 is 0 Å². The van der Waals surface area contributed by atoms with Gasteiger partial charge in [-0.15, -0.1) is 0 Å². The minimum Gasteiger partial charge on any atom is -0.456 e. The van der Waals surface area contributed by atoms with Crippen LogP contribution in [0.1, 0.15) is 10.4 Å². The summed E-state index contributed by atoms with van der Waals surface area (Å²) in [6, 6.07) is 9.48. The third-order valence-electron chi connectivity index (χ3n) is 4.76. The highest BCUT2D eigenvalue weighted by molar-refractivity contribution is 7.90. The number of nitrogens with zero attached hydrogens (tertiary/aromatic N) is 3. The Kier molecular flexibility index (Phi) is 6.03. The molecule has 0 fully saturated rings. The van der Waals surface area contributed by atoms with Crippen LogP contribution in [0.5, 0.6) is 11.5 Å². The molecule has 2 aromatic heterocycles. The molecular formula is C23H16F2N4O4S. The van der Waals surface area contributed by atoms with Gasteiger partial charge < -0.3 is 10.5 Å². The lowest BCUT2D eigenvalue weighted by Crippen LogP contribution is -2.13. The second-order valence-electron chi connectivity index (χ2n) is 7.23. The summed E-state index contributed by atoms with van der Waals surface area (Å²) in [5.74, 6) is -2.09. The van der Waals surface area contributed by atoms with E-state index in [1.54, 1.807) is 12.1 Å². The number of ether oxygens (including phenoxy) is 1. The molecule has 34 heavy (non-hydrogen) atoms. The van der Waals surface area contributed by atoms with E-state index in [1.165, 1.54) is 30.6 Å². The summed E-state index contributed by atoms with van der Waals surface area (Å²) in [6.07, 6.45) is 6.19. The zero-order valence-corrected chi connectivity index (χ0v) is 18.4. The first-order valence-corrected chi connectivity index (χ1v) is 11.6. The van der Waals surface area contributed by atoms with E-state index in [2.05, 4.69) is 15.0 Å². The van der Waals surface area contributed by atoms with Crippen molar-refractivity contribution in [3.05, 3.63) is 84.4 Å². The van der Waals surface area contributed by atoms with Gasteiger partial charge in [-0.05, 0) is 42.0 Å². The van der Waals surface area contributed by atoms with Gasteiger partial charge in [-0.3, -0.25) is 9.78 Å². The Balaban J connectivity index is 1.64. The maximum absolute atomic E-state index is 13.6. The van der Waals surface area contributed by atoms with Gasteiger partial charge in [0.05, 0.1) is 11.8 Å². The van der Waals surface area contributed by atoms with E-state index in [-0.39, 0.29) is 33.3 Å². The van der Waals surface area contributed by atoms with E-state index in [0.717, 1.165) is 30.8 Å². The number of nitrogens with two attached hydrogens (primary N) is 1. The average molecular weight is 482 g/mol. The van der Waals surface area contributed by atoms with Crippen LogP contribution in [0.3, 0.4) is 0 Å². The van der Waals surface area contributed by atoms with Crippen molar-refractivity contribution in [3.63, 3.8) is 0 Å². The summed E-state index contributed by atoms with van der Waals surface area (Å²) >= 11 is 0. The summed E-state index contributed by atoms with van der Waals surface area (Å²) < 4.78 is 55.8. The van der Waals surface area contributed by atoms with Crippen LogP contribution >= 0.6 is 0 Å². The first-order valence-electron chi connectivity index (χ1n) is 9.66. The smallest absolute Gasteiger partial charge is 0.249 e. The van der Waals surface area contributed by atoms with Gasteiger partial charge in [-0.2, -0.15) is 0 Å². The van der Waals surface area contributed by atoms with Crippen LogP contribution < -0.4 is 10.5 Å². The van der Waals surface area contributed by atoms with Crippen molar-refractivity contribution >= 4 is 15.7 Å². The fourth-order valence-electron chi connectivity index (χ4n) is 3.08. The molecule has 1 amide bonds. The van der Waals surface area contributed by atoms with Gasteiger partial charge in [0.2, 0.25) is 5.91 Å². The average Bonchev–Trinajstić information content (AvgIpc) is 2.80. The molecule has 0 aliphatic rings. The van der Waals surface area contributed by atoms with Gasteiger partial charge in [-0.25, -0.2) is 27.2 Å². The molecule has 172 valence electrons. The van der Waals surface area contributed by atoms with Gasteiger partial charge in [0.25, 0.3) is 0 Å². The number of halogens is 2. The summed E-state index contributed by atoms with van der Waals surface area (Å²) in [5.41, 5.74) is 6.74. The van der Waals surface area contributed by atoms with Crippen LogP contribution in [-0.4, -0.2) is 35.5 Å². The number of amides is 1. The maximum Gasteiger partial charge on any atom is 0.249 e. The molecule has 0 bridgehead atoms. The SMILES string of the molecule is CS(=O)(=O)c1cnc(-c2ccc(Oc3cncc(-c4ccc(F)c(F)c4)c3)cc2C(N)=O)nc1. The Morgan fingerprint density at radius 3 is 2.26 bits per heavy atom. The van der Waals surface area contributed by atoms with Gasteiger partial charge in [0.15, 0.2) is 27.3 Å². The van der Waals surface area contributed by atoms with Crippen molar-refractivity contribution in [2.75, 3.05) is 6.26 Å². The van der Waals surface area contributed by atoms with Crippen LogP contribution in [-0.2, 0) is 9.84 Å². The third kappa shape index (κ3) is 4.89. The van der Waals surface area contributed by atoms with E-state index in [0.29, 0.717) is 11.1 Å². The largest absolute Gasteiger partial charge is 0.456 e.